The fourth-order valence-corrected chi connectivity index (χ4v) is 2.96. The van der Waals surface area contributed by atoms with Crippen molar-refractivity contribution in [2.24, 2.45) is 0 Å². The number of aromatic nitrogens is 2. The summed E-state index contributed by atoms with van der Waals surface area (Å²) in [6.07, 6.45) is 0. The van der Waals surface area contributed by atoms with E-state index in [1.54, 1.807) is 35.0 Å². The zero-order valence-corrected chi connectivity index (χ0v) is 14.3. The van der Waals surface area contributed by atoms with Crippen LogP contribution in [-0.4, -0.2) is 20.7 Å². The van der Waals surface area contributed by atoms with Crippen LogP contribution in [0, 0.1) is 11.7 Å². The van der Waals surface area contributed by atoms with E-state index in [0.29, 0.717) is 9.79 Å². The highest BCUT2D eigenvalue weighted by Gasteiger charge is 2.14. The van der Waals surface area contributed by atoms with Crippen molar-refractivity contribution >= 4 is 35.5 Å². The Labute approximate surface area is 148 Å². The number of aromatic carboxylic acids is 1. The van der Waals surface area contributed by atoms with E-state index in [1.165, 1.54) is 0 Å². The van der Waals surface area contributed by atoms with Crippen LogP contribution in [-0.2, 0) is 0 Å². The first-order valence-electron chi connectivity index (χ1n) is 7.13. The van der Waals surface area contributed by atoms with Crippen molar-refractivity contribution in [3.8, 4) is 11.3 Å². The fraction of sp³-hybridized carbons (Fsp3) is 0.0588. The Balaban J connectivity index is 2.11. The van der Waals surface area contributed by atoms with E-state index in [1.807, 2.05) is 25.1 Å². The van der Waals surface area contributed by atoms with E-state index < -0.39 is 5.97 Å². The smallest absolute Gasteiger partial charge is 0.335 e. The normalized spacial score (nSPS) is 10.6. The lowest BCUT2D eigenvalue weighted by atomic mass is 10.1. The minimum absolute atomic E-state index is 0.216. The standard InChI is InChI=1S/C17H14ClN3O2S/c1-10-15(11-4-2-5-12(8-11)16(22)23)21(17(24)19-10)20-14-7-3-6-13(18)9-14/h2-9,20H,1H3,(H,19,24)(H,22,23). The van der Waals surface area contributed by atoms with Crippen molar-refractivity contribution in [2.45, 2.75) is 6.92 Å². The number of nitrogens with one attached hydrogen (secondary N) is 2. The van der Waals surface area contributed by atoms with E-state index in [2.05, 4.69) is 10.4 Å². The highest BCUT2D eigenvalue weighted by Crippen LogP contribution is 2.25. The van der Waals surface area contributed by atoms with Crippen molar-refractivity contribution < 1.29 is 9.90 Å². The molecule has 0 atom stereocenters. The number of benzene rings is 2. The molecule has 1 heterocycles. The van der Waals surface area contributed by atoms with Crippen molar-refractivity contribution in [3.63, 3.8) is 0 Å². The second-order valence-electron chi connectivity index (χ2n) is 5.25. The van der Waals surface area contributed by atoms with Gasteiger partial charge in [-0.1, -0.05) is 29.8 Å². The molecule has 0 aliphatic heterocycles. The van der Waals surface area contributed by atoms with E-state index in [-0.39, 0.29) is 5.56 Å². The summed E-state index contributed by atoms with van der Waals surface area (Å²) in [6, 6.07) is 14.0. The van der Waals surface area contributed by atoms with Crippen LogP contribution in [0.25, 0.3) is 11.3 Å². The molecule has 0 saturated carbocycles. The van der Waals surface area contributed by atoms with Crippen LogP contribution in [0.3, 0.4) is 0 Å². The van der Waals surface area contributed by atoms with Gasteiger partial charge >= 0.3 is 5.97 Å². The molecular weight excluding hydrogens is 346 g/mol. The van der Waals surface area contributed by atoms with Gasteiger partial charge < -0.3 is 10.1 Å². The van der Waals surface area contributed by atoms with Gasteiger partial charge in [-0.25, -0.2) is 9.47 Å². The van der Waals surface area contributed by atoms with Crippen LogP contribution in [0.15, 0.2) is 48.5 Å². The highest BCUT2D eigenvalue weighted by molar-refractivity contribution is 7.71. The Hall–Kier alpha value is -2.57. The van der Waals surface area contributed by atoms with Gasteiger partial charge in [0.15, 0.2) is 4.77 Å². The Morgan fingerprint density at radius 3 is 2.71 bits per heavy atom. The number of hydrogen-bond acceptors (Lipinski definition) is 3. The Bertz CT molecular complexity index is 978. The summed E-state index contributed by atoms with van der Waals surface area (Å²) in [5.41, 5.74) is 6.53. The molecule has 0 amide bonds. The molecule has 7 heteroatoms. The molecule has 0 aliphatic rings. The van der Waals surface area contributed by atoms with Crippen molar-refractivity contribution in [1.82, 2.24) is 9.66 Å². The number of carboxylic acid groups (broad SMARTS) is 1. The zero-order valence-electron chi connectivity index (χ0n) is 12.7. The van der Waals surface area contributed by atoms with E-state index in [9.17, 15) is 9.90 Å². The number of aromatic amines is 1. The van der Waals surface area contributed by atoms with Crippen molar-refractivity contribution in [3.05, 3.63) is 69.6 Å². The average Bonchev–Trinajstić information content (AvgIpc) is 2.81. The molecule has 0 aliphatic carbocycles. The highest BCUT2D eigenvalue weighted by atomic mass is 35.5. The molecule has 3 rings (SSSR count). The van der Waals surface area contributed by atoms with Crippen LogP contribution in [0.4, 0.5) is 5.69 Å². The summed E-state index contributed by atoms with van der Waals surface area (Å²) in [5.74, 6) is -0.974. The Morgan fingerprint density at radius 1 is 1.25 bits per heavy atom. The minimum Gasteiger partial charge on any atom is -0.478 e. The summed E-state index contributed by atoms with van der Waals surface area (Å²) in [6.45, 7) is 1.88. The number of rotatable bonds is 4. The van der Waals surface area contributed by atoms with E-state index in [4.69, 9.17) is 23.8 Å². The minimum atomic E-state index is -0.974. The largest absolute Gasteiger partial charge is 0.478 e. The fourth-order valence-electron chi connectivity index (χ4n) is 2.48. The maximum atomic E-state index is 11.2. The molecule has 2 aromatic carbocycles. The van der Waals surface area contributed by atoms with Crippen molar-refractivity contribution in [2.75, 3.05) is 5.43 Å². The SMILES string of the molecule is Cc1[nH]c(=S)n(Nc2cccc(Cl)c2)c1-c1cccc(C(=O)O)c1. The van der Waals surface area contributed by atoms with Crippen LogP contribution < -0.4 is 5.43 Å². The van der Waals surface area contributed by atoms with E-state index >= 15 is 0 Å². The second kappa shape index (κ2) is 6.51. The third-order valence-electron chi connectivity index (χ3n) is 3.52. The summed E-state index contributed by atoms with van der Waals surface area (Å²) < 4.78 is 2.18. The van der Waals surface area contributed by atoms with Gasteiger partial charge in [0.05, 0.1) is 16.9 Å². The lowest BCUT2D eigenvalue weighted by molar-refractivity contribution is 0.0697. The molecule has 0 saturated heterocycles. The molecule has 5 nitrogen and oxygen atoms in total. The maximum Gasteiger partial charge on any atom is 0.335 e. The van der Waals surface area contributed by atoms with Gasteiger partial charge in [0.2, 0.25) is 0 Å². The topological polar surface area (TPSA) is 70.0 Å². The molecule has 122 valence electrons. The van der Waals surface area contributed by atoms with Gasteiger partial charge in [-0.05, 0) is 49.5 Å². The molecule has 0 bridgehead atoms. The monoisotopic (exact) mass is 359 g/mol. The molecule has 3 aromatic rings. The molecule has 0 spiro atoms. The van der Waals surface area contributed by atoms with Gasteiger partial charge in [-0.2, -0.15) is 0 Å². The third kappa shape index (κ3) is 3.20. The summed E-state index contributed by atoms with van der Waals surface area (Å²) in [4.78, 5) is 14.3. The number of carbonyl (C=O) groups is 1. The molecular formula is C17H14ClN3O2S. The molecule has 0 unspecified atom stereocenters. The lowest BCUT2D eigenvalue weighted by Gasteiger charge is -2.13. The summed E-state index contributed by atoms with van der Waals surface area (Å²) in [5, 5.41) is 9.81. The van der Waals surface area contributed by atoms with Crippen molar-refractivity contribution in [1.29, 1.82) is 0 Å². The summed E-state index contributed by atoms with van der Waals surface area (Å²) >= 11 is 11.4. The Morgan fingerprint density at radius 2 is 2.00 bits per heavy atom. The number of aryl methyl sites for hydroxylation is 1. The molecule has 3 N–H and O–H groups in total. The van der Waals surface area contributed by atoms with Gasteiger partial charge in [-0.3, -0.25) is 5.43 Å². The molecule has 1 aromatic heterocycles. The first kappa shape index (κ1) is 16.3. The van der Waals surface area contributed by atoms with Crippen LogP contribution in [0.1, 0.15) is 16.1 Å². The zero-order chi connectivity index (χ0) is 17.3. The number of hydrogen-bond donors (Lipinski definition) is 3. The second-order valence-corrected chi connectivity index (χ2v) is 6.07. The molecule has 0 radical (unpaired) electrons. The first-order chi connectivity index (χ1) is 11.5. The predicted octanol–water partition coefficient (Wildman–Crippen LogP) is 4.75. The lowest BCUT2D eigenvalue weighted by Crippen LogP contribution is -2.11. The number of nitrogens with zero attached hydrogens (tertiary/aromatic N) is 1. The quantitative estimate of drug-likeness (QED) is 0.588. The number of H-pyrrole nitrogens is 1. The molecule has 24 heavy (non-hydrogen) atoms. The van der Waals surface area contributed by atoms with Gasteiger partial charge in [0.1, 0.15) is 0 Å². The third-order valence-corrected chi connectivity index (χ3v) is 4.04. The van der Waals surface area contributed by atoms with Crippen LogP contribution >= 0.6 is 23.8 Å². The van der Waals surface area contributed by atoms with Crippen LogP contribution in [0.2, 0.25) is 5.02 Å². The molecule has 0 fully saturated rings. The predicted molar refractivity (Wildman–Crippen MR) is 97.2 cm³/mol. The van der Waals surface area contributed by atoms with Crippen LogP contribution in [0.5, 0.6) is 0 Å². The Kier molecular flexibility index (Phi) is 4.42. The number of anilines is 1. The van der Waals surface area contributed by atoms with E-state index in [0.717, 1.165) is 22.6 Å². The average molecular weight is 360 g/mol. The van der Waals surface area contributed by atoms with Gasteiger partial charge in [-0.15, -0.1) is 0 Å². The maximum absolute atomic E-state index is 11.2. The van der Waals surface area contributed by atoms with Gasteiger partial charge in [0.25, 0.3) is 0 Å². The number of imidazole rings is 1. The van der Waals surface area contributed by atoms with Gasteiger partial charge in [0, 0.05) is 16.3 Å². The number of halogens is 1. The number of carboxylic acids is 1. The summed E-state index contributed by atoms with van der Waals surface area (Å²) in [7, 11) is 0. The first-order valence-corrected chi connectivity index (χ1v) is 7.92.